The summed E-state index contributed by atoms with van der Waals surface area (Å²) in [6.07, 6.45) is 0.237. The van der Waals surface area contributed by atoms with Gasteiger partial charge in [0.05, 0.1) is 157 Å². The largest absolute Gasteiger partial charge is 0.469 e. The number of benzene rings is 1. The second-order valence-electron chi connectivity index (χ2n) is 9.04. The third-order valence-corrected chi connectivity index (χ3v) is 6.85. The molecule has 0 radical (unpaired) electrons. The fourth-order valence-corrected chi connectivity index (χ4v) is 4.11. The first kappa shape index (κ1) is 42.2. The molecule has 268 valence electrons. The molecule has 0 saturated carbocycles. The van der Waals surface area contributed by atoms with Crippen molar-refractivity contribution >= 4 is 16.1 Å². The first-order chi connectivity index (χ1) is 22.6. The lowest BCUT2D eigenvalue weighted by atomic mass is 10.4. The van der Waals surface area contributed by atoms with Crippen LogP contribution in [0.3, 0.4) is 0 Å². The molecular formula is C30H52O15S. The van der Waals surface area contributed by atoms with Gasteiger partial charge in [-0.15, -0.1) is 0 Å². The van der Waals surface area contributed by atoms with Gasteiger partial charge >= 0.3 is 5.97 Å². The maximum absolute atomic E-state index is 12.0. The minimum atomic E-state index is -3.76. The first-order valence-electron chi connectivity index (χ1n) is 15.3. The molecule has 46 heavy (non-hydrogen) atoms. The zero-order valence-electron chi connectivity index (χ0n) is 27.0. The summed E-state index contributed by atoms with van der Waals surface area (Å²) in [5.74, 6) is -0.293. The second-order valence-corrected chi connectivity index (χ2v) is 10.7. The Labute approximate surface area is 273 Å². The summed E-state index contributed by atoms with van der Waals surface area (Å²) in [5, 5.41) is 0. The summed E-state index contributed by atoms with van der Waals surface area (Å²) in [7, 11) is -2.41. The fraction of sp³-hybridized carbons (Fsp3) is 0.767. The predicted molar refractivity (Wildman–Crippen MR) is 164 cm³/mol. The quantitative estimate of drug-likeness (QED) is 0.0568. The van der Waals surface area contributed by atoms with Gasteiger partial charge in [0.2, 0.25) is 0 Å². The van der Waals surface area contributed by atoms with Crippen molar-refractivity contribution in [3.8, 4) is 0 Å². The first-order valence-corrected chi connectivity index (χ1v) is 16.8. The average Bonchev–Trinajstić information content (AvgIpc) is 3.07. The van der Waals surface area contributed by atoms with E-state index in [0.717, 1.165) is 0 Å². The van der Waals surface area contributed by atoms with Crippen LogP contribution in [0.5, 0.6) is 0 Å². The van der Waals surface area contributed by atoms with Crippen LogP contribution in [-0.4, -0.2) is 160 Å². The monoisotopic (exact) mass is 684 g/mol. The second kappa shape index (κ2) is 31.8. The van der Waals surface area contributed by atoms with Gasteiger partial charge in [-0.05, 0) is 12.1 Å². The molecule has 0 saturated heterocycles. The SMILES string of the molecule is COC(=O)CCOCCOCCOCCOCCOCCOCCOCCOCCOCCOCCOS(=O)(=O)c1ccccc1. The zero-order chi connectivity index (χ0) is 33.2. The van der Waals surface area contributed by atoms with Crippen LogP contribution in [0.1, 0.15) is 6.42 Å². The van der Waals surface area contributed by atoms with Crippen molar-refractivity contribution < 1.29 is 69.5 Å². The summed E-state index contributed by atoms with van der Waals surface area (Å²) >= 11 is 0. The highest BCUT2D eigenvalue weighted by atomic mass is 32.2. The Morgan fingerprint density at radius 1 is 0.457 bits per heavy atom. The number of methoxy groups -OCH3 is 1. The molecule has 0 aliphatic rings. The average molecular weight is 685 g/mol. The zero-order valence-corrected chi connectivity index (χ0v) is 27.8. The van der Waals surface area contributed by atoms with E-state index in [2.05, 4.69) is 4.74 Å². The van der Waals surface area contributed by atoms with Crippen LogP contribution in [0.15, 0.2) is 35.2 Å². The summed E-state index contributed by atoms with van der Waals surface area (Å²) in [6, 6.07) is 7.96. The Hall–Kier alpha value is -1.80. The van der Waals surface area contributed by atoms with Gasteiger partial charge in [0, 0.05) is 0 Å². The number of rotatable bonds is 35. The Kier molecular flexibility index (Phi) is 29.2. The molecule has 0 bridgehead atoms. The van der Waals surface area contributed by atoms with Crippen molar-refractivity contribution in [3.05, 3.63) is 30.3 Å². The van der Waals surface area contributed by atoms with E-state index >= 15 is 0 Å². The van der Waals surface area contributed by atoms with E-state index in [4.69, 9.17) is 51.6 Å². The molecule has 0 amide bonds. The molecule has 15 nitrogen and oxygen atoms in total. The van der Waals surface area contributed by atoms with Crippen molar-refractivity contribution in [2.24, 2.45) is 0 Å². The smallest absolute Gasteiger partial charge is 0.307 e. The van der Waals surface area contributed by atoms with Gasteiger partial charge in [-0.2, -0.15) is 8.42 Å². The molecule has 16 heteroatoms. The topological polar surface area (TPSA) is 162 Å². The number of esters is 1. The van der Waals surface area contributed by atoms with Crippen LogP contribution in [0.25, 0.3) is 0 Å². The van der Waals surface area contributed by atoms with Crippen molar-refractivity contribution in [1.82, 2.24) is 0 Å². The van der Waals surface area contributed by atoms with Gasteiger partial charge in [0.1, 0.15) is 0 Å². The van der Waals surface area contributed by atoms with E-state index in [1.54, 1.807) is 18.2 Å². The van der Waals surface area contributed by atoms with Crippen LogP contribution >= 0.6 is 0 Å². The van der Waals surface area contributed by atoms with E-state index in [1.165, 1.54) is 19.2 Å². The normalized spacial score (nSPS) is 11.7. The molecule has 0 N–H and O–H groups in total. The minimum Gasteiger partial charge on any atom is -0.469 e. The molecule has 1 aromatic carbocycles. The Bertz CT molecular complexity index is 905. The minimum absolute atomic E-state index is 0.0625. The molecule has 1 aromatic rings. The van der Waals surface area contributed by atoms with E-state index in [0.29, 0.717) is 126 Å². The van der Waals surface area contributed by atoms with Gasteiger partial charge in [0.25, 0.3) is 10.1 Å². The van der Waals surface area contributed by atoms with Gasteiger partial charge in [-0.1, -0.05) is 18.2 Å². The highest BCUT2D eigenvalue weighted by Crippen LogP contribution is 2.10. The lowest BCUT2D eigenvalue weighted by Crippen LogP contribution is -2.15. The van der Waals surface area contributed by atoms with Crippen LogP contribution in [0.2, 0.25) is 0 Å². The third kappa shape index (κ3) is 27.3. The van der Waals surface area contributed by atoms with Crippen molar-refractivity contribution in [3.63, 3.8) is 0 Å². The molecular weight excluding hydrogens is 632 g/mol. The summed E-state index contributed by atoms with van der Waals surface area (Å²) < 4.78 is 87.3. The van der Waals surface area contributed by atoms with Crippen molar-refractivity contribution in [2.75, 3.05) is 146 Å². The van der Waals surface area contributed by atoms with E-state index in [-0.39, 0.29) is 30.5 Å². The number of hydrogen-bond acceptors (Lipinski definition) is 15. The van der Waals surface area contributed by atoms with Crippen molar-refractivity contribution in [1.29, 1.82) is 0 Å². The maximum Gasteiger partial charge on any atom is 0.307 e. The Morgan fingerprint density at radius 3 is 1.04 bits per heavy atom. The van der Waals surface area contributed by atoms with Crippen molar-refractivity contribution in [2.45, 2.75) is 11.3 Å². The van der Waals surface area contributed by atoms with E-state index < -0.39 is 10.1 Å². The van der Waals surface area contributed by atoms with Crippen LogP contribution < -0.4 is 0 Å². The molecule has 0 fully saturated rings. The van der Waals surface area contributed by atoms with Crippen LogP contribution in [0.4, 0.5) is 0 Å². The Balaban J connectivity index is 1.67. The molecule has 0 aliphatic heterocycles. The van der Waals surface area contributed by atoms with Crippen LogP contribution in [0, 0.1) is 0 Å². The molecule has 0 aromatic heterocycles. The number of carbonyl (C=O) groups excluding carboxylic acids is 1. The summed E-state index contributed by atoms with van der Waals surface area (Å²) in [4.78, 5) is 11.0. The van der Waals surface area contributed by atoms with Gasteiger partial charge in [0.15, 0.2) is 0 Å². The number of hydrogen-bond donors (Lipinski definition) is 0. The molecule has 0 aliphatic carbocycles. The lowest BCUT2D eigenvalue weighted by Gasteiger charge is -2.09. The molecule has 1 rings (SSSR count). The van der Waals surface area contributed by atoms with Gasteiger partial charge in [-0.25, -0.2) is 0 Å². The highest BCUT2D eigenvalue weighted by molar-refractivity contribution is 7.86. The fourth-order valence-electron chi connectivity index (χ4n) is 3.20. The van der Waals surface area contributed by atoms with E-state index in [1.807, 2.05) is 0 Å². The van der Waals surface area contributed by atoms with Crippen LogP contribution in [-0.2, 0) is 71.2 Å². The predicted octanol–water partition coefficient (Wildman–Crippen LogP) is 1.12. The third-order valence-electron chi connectivity index (χ3n) is 5.52. The molecule has 0 heterocycles. The number of ether oxygens (including phenoxy) is 11. The summed E-state index contributed by atoms with van der Waals surface area (Å²) in [6.45, 7) is 8.42. The highest BCUT2D eigenvalue weighted by Gasteiger charge is 2.13. The molecule has 0 atom stereocenters. The maximum atomic E-state index is 12.0. The Morgan fingerprint density at radius 2 is 0.739 bits per heavy atom. The molecule has 0 spiro atoms. The molecule has 0 unspecified atom stereocenters. The van der Waals surface area contributed by atoms with E-state index in [9.17, 15) is 13.2 Å². The van der Waals surface area contributed by atoms with Gasteiger partial charge in [-0.3, -0.25) is 8.98 Å². The van der Waals surface area contributed by atoms with Gasteiger partial charge < -0.3 is 52.1 Å². The number of carbonyl (C=O) groups is 1. The standard InChI is InChI=1S/C30H52O15S/c1-34-30(31)7-8-35-9-10-36-11-12-37-13-14-38-15-16-39-17-18-40-19-20-41-21-22-42-23-24-43-25-26-44-27-28-45-46(32,33)29-5-3-2-4-6-29/h2-6H,7-28H2,1H3. The lowest BCUT2D eigenvalue weighted by molar-refractivity contribution is -0.141. The summed E-state index contributed by atoms with van der Waals surface area (Å²) in [5.41, 5.74) is 0.